The fraction of sp³-hybridized carbons (Fsp3) is 0.273. The van der Waals surface area contributed by atoms with Crippen molar-refractivity contribution < 1.29 is 13.5 Å². The van der Waals surface area contributed by atoms with E-state index in [1.54, 1.807) is 12.3 Å². The van der Waals surface area contributed by atoms with Gasteiger partial charge in [0.15, 0.2) is 0 Å². The van der Waals surface area contributed by atoms with Crippen LogP contribution in [0.5, 0.6) is 5.88 Å². The van der Waals surface area contributed by atoms with E-state index in [9.17, 15) is 8.78 Å². The predicted molar refractivity (Wildman–Crippen MR) is 109 cm³/mol. The average molecular weight is 396 g/mol. The first-order valence-electron chi connectivity index (χ1n) is 9.53. The molecule has 1 aliphatic rings. The van der Waals surface area contributed by atoms with Crippen LogP contribution in [0, 0.1) is 0 Å². The highest BCUT2D eigenvalue weighted by molar-refractivity contribution is 5.66. The van der Waals surface area contributed by atoms with Crippen LogP contribution >= 0.6 is 0 Å². The Kier molecular flexibility index (Phi) is 5.29. The molecular formula is C22H22F2N4O. The van der Waals surface area contributed by atoms with E-state index in [4.69, 9.17) is 0 Å². The molecule has 2 heterocycles. The van der Waals surface area contributed by atoms with Crippen molar-refractivity contribution in [2.45, 2.75) is 31.4 Å². The number of ether oxygens (including phenoxy) is 1. The molecule has 7 heteroatoms. The van der Waals surface area contributed by atoms with Gasteiger partial charge in [-0.25, -0.2) is 4.98 Å². The van der Waals surface area contributed by atoms with Crippen molar-refractivity contribution in [1.29, 1.82) is 0 Å². The minimum atomic E-state index is -2.89. The van der Waals surface area contributed by atoms with E-state index in [0.29, 0.717) is 5.69 Å². The van der Waals surface area contributed by atoms with Crippen molar-refractivity contribution in [1.82, 2.24) is 9.97 Å². The summed E-state index contributed by atoms with van der Waals surface area (Å²) in [5.41, 5.74) is 4.10. The molecule has 1 aromatic carbocycles. The Morgan fingerprint density at radius 1 is 1.03 bits per heavy atom. The van der Waals surface area contributed by atoms with Gasteiger partial charge in [0, 0.05) is 24.4 Å². The lowest BCUT2D eigenvalue weighted by Crippen LogP contribution is -2.42. The Bertz CT molecular complexity index is 975. The molecule has 2 N–H and O–H groups in total. The van der Waals surface area contributed by atoms with Crippen molar-refractivity contribution in [2.75, 3.05) is 17.7 Å². The van der Waals surface area contributed by atoms with E-state index < -0.39 is 12.2 Å². The predicted octanol–water partition coefficient (Wildman–Crippen LogP) is 5.28. The molecule has 0 unspecified atom stereocenters. The van der Waals surface area contributed by atoms with Crippen LogP contribution in [-0.2, 0) is 5.54 Å². The second kappa shape index (κ2) is 8.03. The third-order valence-corrected chi connectivity index (χ3v) is 5.22. The van der Waals surface area contributed by atoms with Gasteiger partial charge in [0.05, 0.1) is 28.8 Å². The van der Waals surface area contributed by atoms with Crippen molar-refractivity contribution in [3.63, 3.8) is 0 Å². The molecule has 4 rings (SSSR count). The van der Waals surface area contributed by atoms with Crippen LogP contribution in [-0.4, -0.2) is 23.6 Å². The molecule has 29 heavy (non-hydrogen) atoms. The number of aromatic nitrogens is 2. The lowest BCUT2D eigenvalue weighted by atomic mass is 9.74. The quantitative estimate of drug-likeness (QED) is 0.569. The van der Waals surface area contributed by atoms with Gasteiger partial charge in [-0.15, -0.1) is 0 Å². The molecule has 0 saturated heterocycles. The van der Waals surface area contributed by atoms with Crippen LogP contribution in [0.3, 0.4) is 0 Å². The second-order valence-corrected chi connectivity index (χ2v) is 7.06. The number of anilines is 2. The molecule has 0 aliphatic heterocycles. The third kappa shape index (κ3) is 4.13. The van der Waals surface area contributed by atoms with Crippen LogP contribution in [0.15, 0.2) is 60.8 Å². The summed E-state index contributed by atoms with van der Waals surface area (Å²) in [5, 5.41) is 6.63. The molecule has 5 nitrogen and oxygen atoms in total. The van der Waals surface area contributed by atoms with Crippen molar-refractivity contribution >= 4 is 11.4 Å². The van der Waals surface area contributed by atoms with Crippen molar-refractivity contribution in [3.8, 4) is 17.1 Å². The smallest absolute Gasteiger partial charge is 0.388 e. The second-order valence-electron chi connectivity index (χ2n) is 7.06. The molecule has 0 spiro atoms. The first-order chi connectivity index (χ1) is 14.1. The summed E-state index contributed by atoms with van der Waals surface area (Å²) in [6.45, 7) is -2.89. The van der Waals surface area contributed by atoms with Gasteiger partial charge in [-0.1, -0.05) is 18.2 Å². The summed E-state index contributed by atoms with van der Waals surface area (Å²) >= 11 is 0. The highest BCUT2D eigenvalue weighted by Crippen LogP contribution is 2.43. The lowest BCUT2D eigenvalue weighted by Gasteiger charge is -2.42. The van der Waals surface area contributed by atoms with Crippen LogP contribution in [0.1, 0.15) is 25.0 Å². The number of pyridine rings is 2. The first-order valence-corrected chi connectivity index (χ1v) is 9.53. The normalized spacial score (nSPS) is 14.9. The van der Waals surface area contributed by atoms with E-state index >= 15 is 0 Å². The number of rotatable bonds is 7. The summed E-state index contributed by atoms with van der Waals surface area (Å²) < 4.78 is 29.5. The zero-order chi connectivity index (χ0) is 20.3. The fourth-order valence-corrected chi connectivity index (χ4v) is 3.56. The van der Waals surface area contributed by atoms with E-state index in [1.165, 1.54) is 6.07 Å². The highest BCUT2D eigenvalue weighted by atomic mass is 19.3. The van der Waals surface area contributed by atoms with E-state index in [1.807, 2.05) is 49.5 Å². The summed E-state index contributed by atoms with van der Waals surface area (Å²) in [6, 6.07) is 17.0. The molecule has 0 radical (unpaired) electrons. The topological polar surface area (TPSA) is 59.1 Å². The SMILES string of the molecule is CNc1cccc(-c2ccc(NC3(c4cccc(OC(F)F)n4)CCC3)cn2)c1. The maximum atomic E-state index is 12.5. The summed E-state index contributed by atoms with van der Waals surface area (Å²) in [7, 11) is 1.88. The third-order valence-electron chi connectivity index (χ3n) is 5.22. The molecule has 0 amide bonds. The number of halogens is 2. The van der Waals surface area contributed by atoms with Gasteiger partial charge in [-0.2, -0.15) is 8.78 Å². The molecule has 150 valence electrons. The van der Waals surface area contributed by atoms with Crippen molar-refractivity contribution in [3.05, 3.63) is 66.5 Å². The minimum Gasteiger partial charge on any atom is -0.417 e. The van der Waals surface area contributed by atoms with Gasteiger partial charge in [0.25, 0.3) is 0 Å². The number of benzene rings is 1. The zero-order valence-corrected chi connectivity index (χ0v) is 16.0. The number of alkyl halides is 2. The molecule has 2 aromatic heterocycles. The number of nitrogens with zero attached hydrogens (tertiary/aromatic N) is 2. The van der Waals surface area contributed by atoms with Crippen molar-refractivity contribution in [2.24, 2.45) is 0 Å². The highest BCUT2D eigenvalue weighted by Gasteiger charge is 2.40. The standard InChI is InChI=1S/C22H22F2N4O/c1-25-16-6-2-5-15(13-16)18-10-9-17(14-26-18)28-22(11-4-12-22)19-7-3-8-20(27-19)29-21(23)24/h2-3,5-10,13-14,21,25,28H,4,11-12H2,1H3. The molecule has 1 aliphatic carbocycles. The fourth-order valence-electron chi connectivity index (χ4n) is 3.56. The van der Waals surface area contributed by atoms with Crippen LogP contribution in [0.2, 0.25) is 0 Å². The Balaban J connectivity index is 1.54. The Morgan fingerprint density at radius 2 is 1.86 bits per heavy atom. The molecule has 0 bridgehead atoms. The van der Waals surface area contributed by atoms with Crippen LogP contribution < -0.4 is 15.4 Å². The molecule has 1 fully saturated rings. The first kappa shape index (κ1) is 19.1. The van der Waals surface area contributed by atoms with Crippen LogP contribution in [0.25, 0.3) is 11.3 Å². The maximum Gasteiger partial charge on any atom is 0.388 e. The Labute approximate surface area is 168 Å². The Morgan fingerprint density at radius 3 is 2.52 bits per heavy atom. The molecule has 1 saturated carbocycles. The minimum absolute atomic E-state index is 0.0662. The van der Waals surface area contributed by atoms with E-state index in [-0.39, 0.29) is 5.88 Å². The summed E-state index contributed by atoms with van der Waals surface area (Å²) in [4.78, 5) is 8.88. The van der Waals surface area contributed by atoms with E-state index in [2.05, 4.69) is 25.3 Å². The van der Waals surface area contributed by atoms with Gasteiger partial charge in [0.1, 0.15) is 0 Å². The van der Waals surface area contributed by atoms with Gasteiger partial charge in [-0.3, -0.25) is 4.98 Å². The van der Waals surface area contributed by atoms with Gasteiger partial charge in [-0.05, 0) is 49.6 Å². The van der Waals surface area contributed by atoms with Gasteiger partial charge < -0.3 is 15.4 Å². The van der Waals surface area contributed by atoms with Gasteiger partial charge >= 0.3 is 6.61 Å². The zero-order valence-electron chi connectivity index (χ0n) is 16.0. The van der Waals surface area contributed by atoms with E-state index in [0.717, 1.165) is 41.9 Å². The largest absolute Gasteiger partial charge is 0.417 e. The molecular weight excluding hydrogens is 374 g/mol. The Hall–Kier alpha value is -3.22. The lowest BCUT2D eigenvalue weighted by molar-refractivity contribution is -0.0531. The number of nitrogens with one attached hydrogen (secondary N) is 2. The monoisotopic (exact) mass is 396 g/mol. The summed E-state index contributed by atoms with van der Waals surface area (Å²) in [5.74, 6) is -0.0662. The summed E-state index contributed by atoms with van der Waals surface area (Å²) in [6.07, 6.45) is 4.56. The average Bonchev–Trinajstić information content (AvgIpc) is 2.71. The maximum absolute atomic E-state index is 12.5. The molecule has 3 aromatic rings. The van der Waals surface area contributed by atoms with Crippen LogP contribution in [0.4, 0.5) is 20.2 Å². The van der Waals surface area contributed by atoms with Gasteiger partial charge in [0.2, 0.25) is 5.88 Å². The number of hydrogen-bond acceptors (Lipinski definition) is 5. The number of hydrogen-bond donors (Lipinski definition) is 2. The molecule has 0 atom stereocenters.